The van der Waals surface area contributed by atoms with Crippen molar-refractivity contribution in [3.8, 4) is 33.6 Å². The highest BCUT2D eigenvalue weighted by atomic mass is 15.0. The van der Waals surface area contributed by atoms with E-state index >= 15 is 0 Å². The number of hydrogen-bond donors (Lipinski definition) is 0. The molecule has 2 aromatic heterocycles. The molecule has 10 rings (SSSR count). The summed E-state index contributed by atoms with van der Waals surface area (Å²) in [5.74, 6) is 0. The van der Waals surface area contributed by atoms with Crippen molar-refractivity contribution < 1.29 is 0 Å². The van der Waals surface area contributed by atoms with Gasteiger partial charge in [-0.1, -0.05) is 140 Å². The van der Waals surface area contributed by atoms with Crippen LogP contribution >= 0.6 is 0 Å². The highest BCUT2D eigenvalue weighted by Gasteiger charge is 2.21. The van der Waals surface area contributed by atoms with E-state index in [0.717, 1.165) is 11.4 Å². The molecule has 2 heteroatoms. The zero-order valence-corrected chi connectivity index (χ0v) is 26.2. The SMILES string of the molecule is c1ccc(-c2ccc(-c3ccc4cc(-n5c6ccccc6c6ccc7c8ccccc8n(-c8ccccc8)c7c65)ccc4c3)cc2)cc1. The van der Waals surface area contributed by atoms with Crippen molar-refractivity contribution in [2.75, 3.05) is 0 Å². The highest BCUT2D eigenvalue weighted by Crippen LogP contribution is 2.42. The van der Waals surface area contributed by atoms with Gasteiger partial charge in [0.25, 0.3) is 0 Å². The maximum Gasteiger partial charge on any atom is 0.0788 e. The highest BCUT2D eigenvalue weighted by molar-refractivity contribution is 6.23. The lowest BCUT2D eigenvalue weighted by atomic mass is 9.98. The number of hydrogen-bond acceptors (Lipinski definition) is 0. The molecule has 0 saturated carbocycles. The monoisotopic (exact) mass is 610 g/mol. The van der Waals surface area contributed by atoms with Crippen molar-refractivity contribution in [1.82, 2.24) is 9.13 Å². The predicted octanol–water partition coefficient (Wildman–Crippen LogP) is 12.4. The zero-order chi connectivity index (χ0) is 31.6. The molecule has 0 bridgehead atoms. The van der Waals surface area contributed by atoms with Crippen molar-refractivity contribution in [1.29, 1.82) is 0 Å². The van der Waals surface area contributed by atoms with Crippen LogP contribution in [0.15, 0.2) is 182 Å². The van der Waals surface area contributed by atoms with E-state index in [-0.39, 0.29) is 0 Å². The Hall–Kier alpha value is -6.38. The molecule has 0 atom stereocenters. The fourth-order valence-corrected chi connectivity index (χ4v) is 7.65. The molecule has 0 aliphatic heterocycles. The minimum atomic E-state index is 1.16. The molecule has 48 heavy (non-hydrogen) atoms. The second kappa shape index (κ2) is 10.6. The Morgan fingerprint density at radius 1 is 0.271 bits per heavy atom. The Bertz CT molecular complexity index is 2800. The first kappa shape index (κ1) is 26.8. The van der Waals surface area contributed by atoms with Gasteiger partial charge in [0.1, 0.15) is 0 Å². The minimum Gasteiger partial charge on any atom is -0.307 e. The molecular weight excluding hydrogens is 581 g/mol. The second-order valence-corrected chi connectivity index (χ2v) is 12.6. The molecule has 0 radical (unpaired) electrons. The normalized spacial score (nSPS) is 11.8. The van der Waals surface area contributed by atoms with E-state index in [1.165, 1.54) is 76.6 Å². The van der Waals surface area contributed by atoms with Gasteiger partial charge < -0.3 is 9.13 Å². The number of rotatable bonds is 4. The molecule has 224 valence electrons. The first-order valence-corrected chi connectivity index (χ1v) is 16.5. The lowest BCUT2D eigenvalue weighted by molar-refractivity contribution is 1.15. The predicted molar refractivity (Wildman–Crippen MR) is 203 cm³/mol. The van der Waals surface area contributed by atoms with Crippen LogP contribution in [0.3, 0.4) is 0 Å². The van der Waals surface area contributed by atoms with Crippen molar-refractivity contribution in [2.45, 2.75) is 0 Å². The molecule has 0 N–H and O–H groups in total. The smallest absolute Gasteiger partial charge is 0.0788 e. The van der Waals surface area contributed by atoms with Crippen LogP contribution in [0.4, 0.5) is 0 Å². The third-order valence-electron chi connectivity index (χ3n) is 9.89. The van der Waals surface area contributed by atoms with Gasteiger partial charge in [-0.3, -0.25) is 0 Å². The standard InChI is InChI=1S/C46H30N2/c1-3-11-31(12-4-1)32-19-21-33(22-20-32)34-23-24-36-30-38(26-25-35(36)29-34)48-44-18-10-8-16-40(44)42-28-27-41-39-15-7-9-17-43(39)47(45(41)46(42)48)37-13-5-2-6-14-37/h1-30H. The number of para-hydroxylation sites is 3. The van der Waals surface area contributed by atoms with Crippen molar-refractivity contribution in [3.05, 3.63) is 182 Å². The second-order valence-electron chi connectivity index (χ2n) is 12.6. The van der Waals surface area contributed by atoms with Crippen molar-refractivity contribution in [2.24, 2.45) is 0 Å². The zero-order valence-electron chi connectivity index (χ0n) is 26.2. The maximum absolute atomic E-state index is 2.47. The Labute approximate surface area is 278 Å². The summed E-state index contributed by atoms with van der Waals surface area (Å²) in [7, 11) is 0. The molecule has 0 unspecified atom stereocenters. The van der Waals surface area contributed by atoms with Gasteiger partial charge in [0.2, 0.25) is 0 Å². The Morgan fingerprint density at radius 2 is 0.729 bits per heavy atom. The lowest BCUT2D eigenvalue weighted by Gasteiger charge is -2.13. The summed E-state index contributed by atoms with van der Waals surface area (Å²) < 4.78 is 4.92. The van der Waals surface area contributed by atoms with E-state index in [9.17, 15) is 0 Å². The lowest BCUT2D eigenvalue weighted by Crippen LogP contribution is -1.98. The molecule has 0 aliphatic rings. The molecule has 0 aliphatic carbocycles. The fraction of sp³-hybridized carbons (Fsp3) is 0. The Morgan fingerprint density at radius 3 is 1.38 bits per heavy atom. The first-order valence-electron chi connectivity index (χ1n) is 16.5. The quantitative estimate of drug-likeness (QED) is 0.188. The topological polar surface area (TPSA) is 9.86 Å². The molecule has 0 amide bonds. The summed E-state index contributed by atoms with van der Waals surface area (Å²) in [5, 5.41) is 7.49. The van der Waals surface area contributed by atoms with Crippen LogP contribution in [0.2, 0.25) is 0 Å². The molecule has 10 aromatic rings. The number of benzene rings is 8. The summed E-state index contributed by atoms with van der Waals surface area (Å²) in [6, 6.07) is 66.2. The molecule has 2 heterocycles. The van der Waals surface area contributed by atoms with Crippen molar-refractivity contribution in [3.63, 3.8) is 0 Å². The van der Waals surface area contributed by atoms with Crippen molar-refractivity contribution >= 4 is 54.4 Å². The third-order valence-corrected chi connectivity index (χ3v) is 9.89. The van der Waals surface area contributed by atoms with Crippen LogP contribution < -0.4 is 0 Å². The van der Waals surface area contributed by atoms with E-state index in [2.05, 4.69) is 191 Å². The van der Waals surface area contributed by atoms with Gasteiger partial charge in [0.05, 0.1) is 22.1 Å². The third kappa shape index (κ3) is 4.06. The van der Waals surface area contributed by atoms with Gasteiger partial charge in [0.15, 0.2) is 0 Å². The molecular formula is C46H30N2. The van der Waals surface area contributed by atoms with E-state index in [4.69, 9.17) is 0 Å². The molecule has 0 spiro atoms. The summed E-state index contributed by atoms with van der Waals surface area (Å²) in [6.07, 6.45) is 0. The average molecular weight is 611 g/mol. The van der Waals surface area contributed by atoms with E-state index < -0.39 is 0 Å². The summed E-state index contributed by atoms with van der Waals surface area (Å²) in [4.78, 5) is 0. The van der Waals surface area contributed by atoms with E-state index in [0.29, 0.717) is 0 Å². The van der Waals surface area contributed by atoms with Gasteiger partial charge in [0, 0.05) is 32.9 Å². The summed E-state index contributed by atoms with van der Waals surface area (Å²) >= 11 is 0. The van der Waals surface area contributed by atoms with Gasteiger partial charge >= 0.3 is 0 Å². The van der Waals surface area contributed by atoms with Crippen LogP contribution in [0.25, 0.3) is 88.0 Å². The van der Waals surface area contributed by atoms with E-state index in [1.807, 2.05) is 0 Å². The molecule has 2 nitrogen and oxygen atoms in total. The molecule has 0 fully saturated rings. The van der Waals surface area contributed by atoms with Gasteiger partial charge in [-0.2, -0.15) is 0 Å². The van der Waals surface area contributed by atoms with Crippen LogP contribution in [0, 0.1) is 0 Å². The Balaban J connectivity index is 1.18. The average Bonchev–Trinajstić information content (AvgIpc) is 3.68. The number of aromatic nitrogens is 2. The van der Waals surface area contributed by atoms with Crippen LogP contribution in [-0.2, 0) is 0 Å². The van der Waals surface area contributed by atoms with E-state index in [1.54, 1.807) is 0 Å². The summed E-state index contributed by atoms with van der Waals surface area (Å²) in [5.41, 5.74) is 12.1. The van der Waals surface area contributed by atoms with Gasteiger partial charge in [-0.05, 0) is 75.5 Å². The molecule has 8 aromatic carbocycles. The largest absolute Gasteiger partial charge is 0.307 e. The number of fused-ring (bicyclic) bond motifs is 8. The maximum atomic E-state index is 2.47. The first-order chi connectivity index (χ1) is 23.8. The van der Waals surface area contributed by atoms with Gasteiger partial charge in [-0.25, -0.2) is 0 Å². The van der Waals surface area contributed by atoms with Crippen LogP contribution in [-0.4, -0.2) is 9.13 Å². The summed E-state index contributed by atoms with van der Waals surface area (Å²) in [6.45, 7) is 0. The number of nitrogens with zero attached hydrogens (tertiary/aromatic N) is 2. The molecule has 0 saturated heterocycles. The van der Waals surface area contributed by atoms with Crippen LogP contribution in [0.5, 0.6) is 0 Å². The van der Waals surface area contributed by atoms with Crippen LogP contribution in [0.1, 0.15) is 0 Å². The van der Waals surface area contributed by atoms with Gasteiger partial charge in [-0.15, -0.1) is 0 Å². The fourth-order valence-electron chi connectivity index (χ4n) is 7.65. The Kier molecular flexibility index (Phi) is 5.91. The minimum absolute atomic E-state index is 1.16.